The van der Waals surface area contributed by atoms with Crippen LogP contribution in [0, 0.1) is 10.1 Å². The van der Waals surface area contributed by atoms with E-state index in [0.717, 1.165) is 0 Å². The summed E-state index contributed by atoms with van der Waals surface area (Å²) in [6.45, 7) is 0. The minimum Gasteiger partial charge on any atom is -0.423 e. The molecular formula is C9H7N3O3. The van der Waals surface area contributed by atoms with E-state index < -0.39 is 4.92 Å². The van der Waals surface area contributed by atoms with Crippen molar-refractivity contribution >= 4 is 11.7 Å². The molecule has 0 spiro atoms. The second kappa shape index (κ2) is 3.41. The third kappa shape index (κ3) is 1.64. The molecule has 2 N–H and O–H groups in total. The first-order chi connectivity index (χ1) is 7.18. The molecule has 1 aromatic carbocycles. The Bertz CT molecular complexity index is 507. The monoisotopic (exact) mass is 205 g/mol. The number of nitro benzene ring substituents is 1. The van der Waals surface area contributed by atoms with Crippen molar-refractivity contribution in [3.8, 4) is 11.3 Å². The van der Waals surface area contributed by atoms with E-state index in [1.165, 1.54) is 12.3 Å². The Morgan fingerprint density at radius 2 is 2.13 bits per heavy atom. The van der Waals surface area contributed by atoms with Gasteiger partial charge in [-0.25, -0.2) is 4.98 Å². The third-order valence-electron chi connectivity index (χ3n) is 1.89. The first-order valence-electron chi connectivity index (χ1n) is 4.13. The minimum absolute atomic E-state index is 0.0110. The predicted molar refractivity (Wildman–Crippen MR) is 53.0 cm³/mol. The number of para-hydroxylation sites is 1. The second-order valence-electron chi connectivity index (χ2n) is 2.84. The topological polar surface area (TPSA) is 95.2 Å². The maximum Gasteiger partial charge on any atom is 0.292 e. The van der Waals surface area contributed by atoms with Gasteiger partial charge in [-0.15, -0.1) is 0 Å². The molecule has 15 heavy (non-hydrogen) atoms. The predicted octanol–water partition coefficient (Wildman–Crippen LogP) is 1.83. The van der Waals surface area contributed by atoms with Gasteiger partial charge in [0.25, 0.3) is 11.7 Å². The number of nitrogen functional groups attached to an aromatic ring is 1. The summed E-state index contributed by atoms with van der Waals surface area (Å²) in [5, 5.41) is 10.7. The van der Waals surface area contributed by atoms with E-state index in [9.17, 15) is 10.1 Å². The van der Waals surface area contributed by atoms with Crippen molar-refractivity contribution in [2.45, 2.75) is 0 Å². The molecule has 2 aromatic rings. The van der Waals surface area contributed by atoms with E-state index in [4.69, 9.17) is 10.2 Å². The summed E-state index contributed by atoms with van der Waals surface area (Å²) in [7, 11) is 0. The summed E-state index contributed by atoms with van der Waals surface area (Å²) in [5.41, 5.74) is 5.63. The molecule has 2 rings (SSSR count). The number of oxazole rings is 1. The van der Waals surface area contributed by atoms with Gasteiger partial charge in [-0.3, -0.25) is 10.1 Å². The molecular weight excluding hydrogens is 198 g/mol. The standard InChI is InChI=1S/C9H7N3O3/c10-9-11-5-8(15-9)6-3-1-2-4-7(6)12(13)14/h1-5H,(H2,10,11). The Kier molecular flexibility index (Phi) is 2.09. The summed E-state index contributed by atoms with van der Waals surface area (Å²) < 4.78 is 5.02. The molecule has 0 saturated carbocycles. The Morgan fingerprint density at radius 1 is 1.40 bits per heavy atom. The Balaban J connectivity index is 2.57. The van der Waals surface area contributed by atoms with Gasteiger partial charge in [-0.05, 0) is 6.07 Å². The van der Waals surface area contributed by atoms with Gasteiger partial charge in [0.2, 0.25) is 0 Å². The largest absolute Gasteiger partial charge is 0.423 e. The molecule has 0 fully saturated rings. The molecule has 0 atom stereocenters. The number of anilines is 1. The number of hydrogen-bond acceptors (Lipinski definition) is 5. The molecule has 0 aliphatic heterocycles. The molecule has 0 aliphatic rings. The van der Waals surface area contributed by atoms with Crippen LogP contribution in [0.1, 0.15) is 0 Å². The van der Waals surface area contributed by atoms with E-state index >= 15 is 0 Å². The average Bonchev–Trinajstić information content (AvgIpc) is 2.65. The van der Waals surface area contributed by atoms with Crippen LogP contribution < -0.4 is 5.73 Å². The fourth-order valence-electron chi connectivity index (χ4n) is 1.25. The molecule has 6 heteroatoms. The molecule has 1 heterocycles. The average molecular weight is 205 g/mol. The quantitative estimate of drug-likeness (QED) is 0.596. The summed E-state index contributed by atoms with van der Waals surface area (Å²) in [6, 6.07) is 6.23. The SMILES string of the molecule is Nc1ncc(-c2ccccc2[N+](=O)[O-])o1. The lowest BCUT2D eigenvalue weighted by molar-refractivity contribution is -0.384. The van der Waals surface area contributed by atoms with Crippen molar-refractivity contribution in [1.29, 1.82) is 0 Å². The Labute approximate surface area is 84.5 Å². The zero-order valence-corrected chi connectivity index (χ0v) is 7.58. The summed E-state index contributed by atoms with van der Waals surface area (Å²) in [4.78, 5) is 13.9. The van der Waals surface area contributed by atoms with Gasteiger partial charge in [0.15, 0.2) is 5.76 Å². The van der Waals surface area contributed by atoms with E-state index in [2.05, 4.69) is 4.98 Å². The first-order valence-corrected chi connectivity index (χ1v) is 4.13. The fourth-order valence-corrected chi connectivity index (χ4v) is 1.25. The number of benzene rings is 1. The molecule has 76 valence electrons. The third-order valence-corrected chi connectivity index (χ3v) is 1.89. The lowest BCUT2D eigenvalue weighted by Gasteiger charge is -1.97. The number of hydrogen-bond donors (Lipinski definition) is 1. The summed E-state index contributed by atoms with van der Waals surface area (Å²) >= 11 is 0. The molecule has 0 radical (unpaired) electrons. The number of nitrogens with two attached hydrogens (primary N) is 1. The normalized spacial score (nSPS) is 10.1. The van der Waals surface area contributed by atoms with Crippen LogP contribution >= 0.6 is 0 Å². The zero-order valence-electron chi connectivity index (χ0n) is 7.58. The van der Waals surface area contributed by atoms with Crippen LogP contribution in [0.2, 0.25) is 0 Å². The van der Waals surface area contributed by atoms with Crippen LogP contribution in [0.5, 0.6) is 0 Å². The van der Waals surface area contributed by atoms with Crippen LogP contribution in [-0.4, -0.2) is 9.91 Å². The molecule has 0 saturated heterocycles. The molecule has 0 aliphatic carbocycles. The summed E-state index contributed by atoms with van der Waals surface area (Å²) in [6.07, 6.45) is 1.36. The zero-order chi connectivity index (χ0) is 10.8. The van der Waals surface area contributed by atoms with Gasteiger partial charge in [0.05, 0.1) is 16.7 Å². The minimum atomic E-state index is -0.478. The van der Waals surface area contributed by atoms with E-state index in [1.54, 1.807) is 18.2 Å². The highest BCUT2D eigenvalue weighted by Crippen LogP contribution is 2.30. The lowest BCUT2D eigenvalue weighted by Crippen LogP contribution is -1.90. The van der Waals surface area contributed by atoms with Crippen LogP contribution in [0.25, 0.3) is 11.3 Å². The number of nitrogens with zero attached hydrogens (tertiary/aromatic N) is 2. The van der Waals surface area contributed by atoms with Crippen molar-refractivity contribution in [3.05, 3.63) is 40.6 Å². The number of aromatic nitrogens is 1. The highest BCUT2D eigenvalue weighted by molar-refractivity contribution is 5.69. The van der Waals surface area contributed by atoms with Crippen molar-refractivity contribution in [2.75, 3.05) is 5.73 Å². The van der Waals surface area contributed by atoms with E-state index in [0.29, 0.717) is 11.3 Å². The highest BCUT2D eigenvalue weighted by Gasteiger charge is 2.16. The number of rotatable bonds is 2. The van der Waals surface area contributed by atoms with E-state index in [1.807, 2.05) is 0 Å². The summed E-state index contributed by atoms with van der Waals surface area (Å²) in [5.74, 6) is 0.291. The van der Waals surface area contributed by atoms with Crippen molar-refractivity contribution in [1.82, 2.24) is 4.98 Å². The maximum atomic E-state index is 10.7. The number of nitro groups is 1. The van der Waals surface area contributed by atoms with Gasteiger partial charge in [0.1, 0.15) is 0 Å². The van der Waals surface area contributed by atoms with Crippen molar-refractivity contribution in [2.24, 2.45) is 0 Å². The van der Waals surface area contributed by atoms with Gasteiger partial charge in [-0.1, -0.05) is 12.1 Å². The molecule has 0 unspecified atom stereocenters. The van der Waals surface area contributed by atoms with Gasteiger partial charge >= 0.3 is 0 Å². The Morgan fingerprint density at radius 3 is 2.73 bits per heavy atom. The molecule has 0 bridgehead atoms. The highest BCUT2D eigenvalue weighted by atomic mass is 16.6. The lowest BCUT2D eigenvalue weighted by atomic mass is 10.1. The molecule has 1 aromatic heterocycles. The van der Waals surface area contributed by atoms with Crippen LogP contribution in [0.3, 0.4) is 0 Å². The maximum absolute atomic E-state index is 10.7. The van der Waals surface area contributed by atoms with Gasteiger partial charge in [0, 0.05) is 6.07 Å². The fraction of sp³-hybridized carbons (Fsp3) is 0. The Hall–Kier alpha value is -2.37. The van der Waals surface area contributed by atoms with Crippen LogP contribution in [0.15, 0.2) is 34.9 Å². The molecule has 0 amide bonds. The van der Waals surface area contributed by atoms with Crippen molar-refractivity contribution in [3.63, 3.8) is 0 Å². The second-order valence-corrected chi connectivity index (χ2v) is 2.84. The van der Waals surface area contributed by atoms with Gasteiger partial charge in [-0.2, -0.15) is 0 Å². The van der Waals surface area contributed by atoms with Crippen LogP contribution in [0.4, 0.5) is 11.7 Å². The van der Waals surface area contributed by atoms with Crippen molar-refractivity contribution < 1.29 is 9.34 Å². The smallest absolute Gasteiger partial charge is 0.292 e. The first kappa shape index (κ1) is 9.20. The van der Waals surface area contributed by atoms with Crippen LogP contribution in [-0.2, 0) is 0 Å². The molecule has 6 nitrogen and oxygen atoms in total. The van der Waals surface area contributed by atoms with E-state index in [-0.39, 0.29) is 11.7 Å². The van der Waals surface area contributed by atoms with Gasteiger partial charge < -0.3 is 10.2 Å².